The van der Waals surface area contributed by atoms with Gasteiger partial charge in [0.25, 0.3) is 0 Å². The highest BCUT2D eigenvalue weighted by Gasteiger charge is 2.27. The van der Waals surface area contributed by atoms with Crippen molar-refractivity contribution in [1.29, 1.82) is 0 Å². The van der Waals surface area contributed by atoms with Gasteiger partial charge in [0.05, 0.1) is 14.2 Å². The van der Waals surface area contributed by atoms with Crippen molar-refractivity contribution in [3.05, 3.63) is 23.8 Å². The summed E-state index contributed by atoms with van der Waals surface area (Å²) < 4.78 is 15.6. The van der Waals surface area contributed by atoms with Crippen molar-refractivity contribution in [2.24, 2.45) is 0 Å². The Balaban J connectivity index is 2.90. The molecule has 21 heavy (non-hydrogen) atoms. The maximum Gasteiger partial charge on any atom is 0.408 e. The second-order valence-electron chi connectivity index (χ2n) is 4.75. The van der Waals surface area contributed by atoms with Crippen LogP contribution >= 0.6 is 0 Å². The van der Waals surface area contributed by atoms with Gasteiger partial charge in [-0.3, -0.25) is 4.79 Å². The molecule has 0 spiro atoms. The normalized spacial score (nSPS) is 10.7. The number of hydrogen-bond donors (Lipinski definition) is 2. The second kappa shape index (κ2) is 6.83. The lowest BCUT2D eigenvalue weighted by Gasteiger charge is -2.26. The van der Waals surface area contributed by atoms with Crippen LogP contribution in [-0.4, -0.2) is 37.9 Å². The van der Waals surface area contributed by atoms with Crippen LogP contribution < -0.4 is 14.8 Å². The summed E-state index contributed by atoms with van der Waals surface area (Å²) in [6, 6.07) is 5.13. The molecule has 1 aromatic rings. The van der Waals surface area contributed by atoms with Gasteiger partial charge >= 0.3 is 12.1 Å². The maximum absolute atomic E-state index is 11.6. The van der Waals surface area contributed by atoms with E-state index in [-0.39, 0.29) is 0 Å². The average Bonchev–Trinajstić information content (AvgIpc) is 2.44. The molecule has 0 saturated carbocycles. The first-order valence-corrected chi connectivity index (χ1v) is 6.20. The number of nitrogens with one attached hydrogen (secondary N) is 1. The molecule has 0 aliphatic heterocycles. The monoisotopic (exact) mass is 297 g/mol. The fourth-order valence-electron chi connectivity index (χ4n) is 1.63. The van der Waals surface area contributed by atoms with Gasteiger partial charge in [0.15, 0.2) is 0 Å². The number of aliphatic carboxylic acids is 1. The zero-order valence-corrected chi connectivity index (χ0v) is 12.4. The first-order chi connectivity index (χ1) is 9.78. The van der Waals surface area contributed by atoms with E-state index >= 15 is 0 Å². The molecule has 116 valence electrons. The number of benzene rings is 1. The Hall–Kier alpha value is -2.44. The van der Waals surface area contributed by atoms with E-state index in [0.29, 0.717) is 17.1 Å². The Bertz CT molecular complexity index is 504. The van der Waals surface area contributed by atoms with Crippen LogP contribution in [0.25, 0.3) is 0 Å². The number of carbonyl (C=O) groups is 2. The Labute approximate surface area is 122 Å². The van der Waals surface area contributed by atoms with Crippen LogP contribution in [0.5, 0.6) is 11.5 Å². The van der Waals surface area contributed by atoms with E-state index in [4.69, 9.17) is 19.3 Å². The molecule has 7 nitrogen and oxygen atoms in total. The van der Waals surface area contributed by atoms with Crippen molar-refractivity contribution in [1.82, 2.24) is 5.32 Å². The number of carbonyl (C=O) groups excluding carboxylic acids is 1. The molecule has 0 atom stereocenters. The molecule has 0 aliphatic carbocycles. The third-order valence-corrected chi connectivity index (χ3v) is 2.78. The minimum atomic E-state index is -1.15. The fraction of sp³-hybridized carbons (Fsp3) is 0.429. The Morgan fingerprint density at radius 2 is 1.67 bits per heavy atom. The van der Waals surface area contributed by atoms with Gasteiger partial charge in [-0.05, 0) is 26.0 Å². The molecule has 7 heteroatoms. The van der Waals surface area contributed by atoms with Gasteiger partial charge in [0.2, 0.25) is 0 Å². The van der Waals surface area contributed by atoms with E-state index in [0.717, 1.165) is 0 Å². The van der Waals surface area contributed by atoms with Crippen molar-refractivity contribution in [2.75, 3.05) is 20.8 Å². The zero-order chi connectivity index (χ0) is 16.0. The SMILES string of the molecule is COc1cc(OC)cc(C(C)(C)OC(=O)NCC(=O)O)c1. The van der Waals surface area contributed by atoms with Gasteiger partial charge in [0.1, 0.15) is 23.6 Å². The molecular weight excluding hydrogens is 278 g/mol. The quantitative estimate of drug-likeness (QED) is 0.830. The van der Waals surface area contributed by atoms with Crippen LogP contribution in [0.15, 0.2) is 18.2 Å². The molecule has 0 radical (unpaired) electrons. The minimum absolute atomic E-state index is 0.504. The van der Waals surface area contributed by atoms with E-state index in [1.165, 1.54) is 14.2 Å². The Kier molecular flexibility index (Phi) is 5.40. The van der Waals surface area contributed by atoms with Crippen molar-refractivity contribution in [2.45, 2.75) is 19.4 Å². The molecule has 0 fully saturated rings. The van der Waals surface area contributed by atoms with Crippen LogP contribution in [0.1, 0.15) is 19.4 Å². The molecule has 0 aliphatic rings. The van der Waals surface area contributed by atoms with E-state index < -0.39 is 24.2 Å². The maximum atomic E-state index is 11.6. The third kappa shape index (κ3) is 4.87. The van der Waals surface area contributed by atoms with Crippen LogP contribution in [0, 0.1) is 0 Å². The van der Waals surface area contributed by atoms with E-state index in [2.05, 4.69) is 5.32 Å². The lowest BCUT2D eigenvalue weighted by molar-refractivity contribution is -0.136. The minimum Gasteiger partial charge on any atom is -0.497 e. The van der Waals surface area contributed by atoms with E-state index in [1.54, 1.807) is 32.0 Å². The molecular formula is C14H19NO6. The standard InChI is InChI=1S/C14H19NO6/c1-14(2,21-13(18)15-8-12(16)17)9-5-10(19-3)7-11(6-9)20-4/h5-7H,8H2,1-4H3,(H,15,18)(H,16,17). The number of carboxylic acid groups (broad SMARTS) is 1. The molecule has 1 rings (SSSR count). The van der Waals surface area contributed by atoms with Crippen molar-refractivity contribution < 1.29 is 28.9 Å². The number of alkyl carbamates (subject to hydrolysis) is 1. The highest BCUT2D eigenvalue weighted by atomic mass is 16.6. The van der Waals surface area contributed by atoms with E-state index in [1.807, 2.05) is 0 Å². The summed E-state index contributed by atoms with van der Waals surface area (Å²) in [5, 5.41) is 10.7. The van der Waals surface area contributed by atoms with Crippen LogP contribution in [0.3, 0.4) is 0 Å². The van der Waals surface area contributed by atoms with Crippen molar-refractivity contribution in [3.8, 4) is 11.5 Å². The third-order valence-electron chi connectivity index (χ3n) is 2.78. The number of methoxy groups -OCH3 is 2. The topological polar surface area (TPSA) is 94.1 Å². The number of rotatable bonds is 6. The fourth-order valence-corrected chi connectivity index (χ4v) is 1.63. The predicted molar refractivity (Wildman–Crippen MR) is 74.7 cm³/mol. The van der Waals surface area contributed by atoms with Crippen LogP contribution in [-0.2, 0) is 15.1 Å². The van der Waals surface area contributed by atoms with Crippen LogP contribution in [0.2, 0.25) is 0 Å². The molecule has 0 aromatic heterocycles. The lowest BCUT2D eigenvalue weighted by atomic mass is 9.97. The number of carboxylic acids is 1. The number of hydrogen-bond acceptors (Lipinski definition) is 5. The summed E-state index contributed by atoms with van der Waals surface area (Å²) in [4.78, 5) is 22.0. The summed E-state index contributed by atoms with van der Waals surface area (Å²) >= 11 is 0. The first kappa shape index (κ1) is 16.6. The second-order valence-corrected chi connectivity index (χ2v) is 4.75. The van der Waals surface area contributed by atoms with Crippen molar-refractivity contribution >= 4 is 12.1 Å². The number of amides is 1. The molecule has 0 unspecified atom stereocenters. The Morgan fingerprint density at radius 1 is 1.14 bits per heavy atom. The summed E-state index contributed by atoms with van der Waals surface area (Å²) in [5.41, 5.74) is -0.325. The van der Waals surface area contributed by atoms with E-state index in [9.17, 15) is 9.59 Å². The molecule has 1 aromatic carbocycles. The largest absolute Gasteiger partial charge is 0.497 e. The Morgan fingerprint density at radius 3 is 2.10 bits per heavy atom. The average molecular weight is 297 g/mol. The first-order valence-electron chi connectivity index (χ1n) is 6.20. The predicted octanol–water partition coefficient (Wildman–Crippen LogP) is 1.75. The highest BCUT2D eigenvalue weighted by Crippen LogP contribution is 2.32. The van der Waals surface area contributed by atoms with Gasteiger partial charge in [-0.2, -0.15) is 0 Å². The molecule has 1 amide bonds. The van der Waals surface area contributed by atoms with Crippen LogP contribution in [0.4, 0.5) is 4.79 Å². The van der Waals surface area contributed by atoms with Gasteiger partial charge < -0.3 is 24.6 Å². The van der Waals surface area contributed by atoms with Gasteiger partial charge in [0, 0.05) is 11.6 Å². The van der Waals surface area contributed by atoms with Gasteiger partial charge in [-0.25, -0.2) is 4.79 Å². The summed E-state index contributed by atoms with van der Waals surface area (Å²) in [6.07, 6.45) is -0.816. The molecule has 0 saturated heterocycles. The zero-order valence-electron chi connectivity index (χ0n) is 12.4. The van der Waals surface area contributed by atoms with Gasteiger partial charge in [-0.1, -0.05) is 0 Å². The van der Waals surface area contributed by atoms with Gasteiger partial charge in [-0.15, -0.1) is 0 Å². The smallest absolute Gasteiger partial charge is 0.408 e. The summed E-state index contributed by atoms with van der Waals surface area (Å²) in [6.45, 7) is 2.86. The summed E-state index contributed by atoms with van der Waals surface area (Å²) in [7, 11) is 3.04. The lowest BCUT2D eigenvalue weighted by Crippen LogP contribution is -2.35. The highest BCUT2D eigenvalue weighted by molar-refractivity contribution is 5.76. The summed E-state index contributed by atoms with van der Waals surface area (Å²) in [5.74, 6) is -0.0215. The molecule has 0 heterocycles. The van der Waals surface area contributed by atoms with Crippen molar-refractivity contribution in [3.63, 3.8) is 0 Å². The molecule has 2 N–H and O–H groups in total. The molecule has 0 bridgehead atoms. The number of ether oxygens (including phenoxy) is 3.